The summed E-state index contributed by atoms with van der Waals surface area (Å²) in [6, 6.07) is 5.05. The molecule has 0 bridgehead atoms. The van der Waals surface area contributed by atoms with Gasteiger partial charge in [0.15, 0.2) is 0 Å². The summed E-state index contributed by atoms with van der Waals surface area (Å²) in [5.41, 5.74) is 6.85. The number of ether oxygens (including phenoxy) is 1. The minimum Gasteiger partial charge on any atom is -0.462 e. The molecular weight excluding hydrogens is 348 g/mol. The summed E-state index contributed by atoms with van der Waals surface area (Å²) in [6.45, 7) is 3.88. The number of hydrogen-bond acceptors (Lipinski definition) is 5. The third-order valence-electron chi connectivity index (χ3n) is 3.74. The number of anilines is 1. The van der Waals surface area contributed by atoms with Crippen molar-refractivity contribution in [1.82, 2.24) is 0 Å². The highest BCUT2D eigenvalue weighted by Gasteiger charge is 2.25. The third-order valence-corrected chi connectivity index (χ3v) is 4.78. The lowest BCUT2D eigenvalue weighted by Gasteiger charge is -2.12. The molecule has 0 aliphatic heterocycles. The van der Waals surface area contributed by atoms with E-state index < -0.39 is 17.6 Å². The fourth-order valence-electron chi connectivity index (χ4n) is 2.46. The van der Waals surface area contributed by atoms with Gasteiger partial charge >= 0.3 is 5.97 Å². The Morgan fingerprint density at radius 2 is 2.20 bits per heavy atom. The lowest BCUT2D eigenvalue weighted by atomic mass is 10.1. The van der Waals surface area contributed by atoms with E-state index in [4.69, 9.17) is 10.5 Å². The van der Waals surface area contributed by atoms with E-state index in [0.717, 1.165) is 17.4 Å². The summed E-state index contributed by atoms with van der Waals surface area (Å²) in [4.78, 5) is 12.3. The molecule has 0 radical (unpaired) electrons. The second kappa shape index (κ2) is 8.05. The molecule has 5 nitrogen and oxygen atoms in total. The molecule has 1 aromatic heterocycles. The van der Waals surface area contributed by atoms with Gasteiger partial charge in [0.25, 0.3) is 0 Å². The van der Waals surface area contributed by atoms with Crippen molar-refractivity contribution in [3.8, 4) is 6.07 Å². The Bertz CT molecular complexity index is 830. The van der Waals surface area contributed by atoms with Crippen LogP contribution in [0.4, 0.5) is 13.8 Å². The molecule has 1 heterocycles. The second-order valence-corrected chi connectivity index (χ2v) is 6.43. The Morgan fingerprint density at radius 1 is 1.48 bits per heavy atom. The highest BCUT2D eigenvalue weighted by Crippen LogP contribution is 2.30. The van der Waals surface area contributed by atoms with E-state index in [2.05, 4.69) is 0 Å². The van der Waals surface area contributed by atoms with Gasteiger partial charge in [-0.3, -0.25) is 0 Å². The van der Waals surface area contributed by atoms with Gasteiger partial charge in [-0.25, -0.2) is 13.6 Å². The maximum atomic E-state index is 13.9. The van der Waals surface area contributed by atoms with Crippen LogP contribution in [-0.4, -0.2) is 12.6 Å². The number of esters is 1. The van der Waals surface area contributed by atoms with Crippen LogP contribution in [0.5, 0.6) is 0 Å². The average Bonchev–Trinajstić information content (AvgIpc) is 2.88. The molecule has 0 saturated heterocycles. The van der Waals surface area contributed by atoms with Gasteiger partial charge in [0.2, 0.25) is 0 Å². The van der Waals surface area contributed by atoms with Crippen molar-refractivity contribution in [3.63, 3.8) is 0 Å². The van der Waals surface area contributed by atoms with E-state index in [1.807, 2.05) is 6.07 Å². The van der Waals surface area contributed by atoms with Crippen LogP contribution in [0.15, 0.2) is 18.2 Å². The molecule has 132 valence electrons. The quantitative estimate of drug-likeness (QED) is 0.768. The molecule has 0 spiro atoms. The summed E-state index contributed by atoms with van der Waals surface area (Å²) in [7, 11) is 0. The zero-order valence-corrected chi connectivity index (χ0v) is 14.6. The van der Waals surface area contributed by atoms with Gasteiger partial charge in [0.1, 0.15) is 40.2 Å². The van der Waals surface area contributed by atoms with Gasteiger partial charge in [-0.2, -0.15) is 5.26 Å². The number of benzene rings is 1. The molecule has 0 aliphatic rings. The topological polar surface area (TPSA) is 92.7 Å². The molecule has 2 rings (SSSR count). The Hall–Kier alpha value is -2.50. The van der Waals surface area contributed by atoms with Gasteiger partial charge in [0, 0.05) is 11.6 Å². The molecular formula is C17H18F2N3O2S+. The Balaban J connectivity index is 2.24. The van der Waals surface area contributed by atoms with Crippen molar-refractivity contribution in [2.45, 2.75) is 26.4 Å². The van der Waals surface area contributed by atoms with Crippen molar-refractivity contribution >= 4 is 22.3 Å². The molecule has 0 aliphatic carbocycles. The first kappa shape index (κ1) is 18.8. The zero-order chi connectivity index (χ0) is 18.6. The van der Waals surface area contributed by atoms with E-state index in [-0.39, 0.29) is 34.6 Å². The fraction of sp³-hybridized carbons (Fsp3) is 0.294. The Morgan fingerprint density at radius 3 is 2.80 bits per heavy atom. The third kappa shape index (κ3) is 4.13. The van der Waals surface area contributed by atoms with Crippen LogP contribution in [0.1, 0.15) is 46.3 Å². The zero-order valence-electron chi connectivity index (χ0n) is 13.8. The summed E-state index contributed by atoms with van der Waals surface area (Å²) in [5.74, 6) is -1.82. The summed E-state index contributed by atoms with van der Waals surface area (Å²) >= 11 is 1.00. The van der Waals surface area contributed by atoms with E-state index in [0.29, 0.717) is 11.1 Å². The summed E-state index contributed by atoms with van der Waals surface area (Å²) in [5, 5.41) is 11.3. The van der Waals surface area contributed by atoms with Crippen molar-refractivity contribution < 1.29 is 23.6 Å². The van der Waals surface area contributed by atoms with Crippen LogP contribution in [-0.2, 0) is 11.3 Å². The van der Waals surface area contributed by atoms with Crippen LogP contribution >= 0.6 is 11.3 Å². The smallest absolute Gasteiger partial charge is 0.348 e. The van der Waals surface area contributed by atoms with Gasteiger partial charge in [0.05, 0.1) is 17.7 Å². The minimum absolute atomic E-state index is 0.207. The number of nitrogens with two attached hydrogens (primary N) is 2. The van der Waals surface area contributed by atoms with Gasteiger partial charge in [-0.05, 0) is 26.0 Å². The van der Waals surface area contributed by atoms with Crippen molar-refractivity contribution in [2.24, 2.45) is 0 Å². The van der Waals surface area contributed by atoms with Crippen LogP contribution in [0.25, 0.3) is 0 Å². The molecule has 0 amide bonds. The van der Waals surface area contributed by atoms with Crippen LogP contribution in [0.3, 0.4) is 0 Å². The molecule has 0 saturated carbocycles. The lowest BCUT2D eigenvalue weighted by molar-refractivity contribution is -0.708. The molecule has 1 atom stereocenters. The number of thiophene rings is 1. The lowest BCUT2D eigenvalue weighted by Crippen LogP contribution is -2.83. The monoisotopic (exact) mass is 366 g/mol. The van der Waals surface area contributed by atoms with E-state index in [1.165, 1.54) is 12.1 Å². The summed E-state index contributed by atoms with van der Waals surface area (Å²) < 4.78 is 31.9. The molecule has 1 aromatic carbocycles. The number of carbonyl (C=O) groups is 1. The number of rotatable bonds is 6. The molecule has 8 heteroatoms. The second-order valence-electron chi connectivity index (χ2n) is 5.38. The predicted molar refractivity (Wildman–Crippen MR) is 89.8 cm³/mol. The maximum absolute atomic E-state index is 13.9. The molecule has 2 aromatic rings. The average molecular weight is 366 g/mol. The molecule has 0 fully saturated rings. The van der Waals surface area contributed by atoms with Crippen LogP contribution < -0.4 is 11.1 Å². The van der Waals surface area contributed by atoms with Crippen molar-refractivity contribution in [3.05, 3.63) is 51.4 Å². The Labute approximate surface area is 148 Å². The van der Waals surface area contributed by atoms with E-state index in [9.17, 15) is 18.8 Å². The highest BCUT2D eigenvalue weighted by atomic mass is 32.1. The number of nitrogen functional groups attached to an aromatic ring is 1. The number of carbonyl (C=O) groups excluding carboxylic acids is 1. The number of quaternary nitrogens is 1. The first-order valence-corrected chi connectivity index (χ1v) is 8.47. The Kier molecular flexibility index (Phi) is 6.07. The van der Waals surface area contributed by atoms with Gasteiger partial charge < -0.3 is 15.8 Å². The van der Waals surface area contributed by atoms with Crippen molar-refractivity contribution in [2.75, 3.05) is 12.3 Å². The van der Waals surface area contributed by atoms with Crippen LogP contribution in [0.2, 0.25) is 0 Å². The van der Waals surface area contributed by atoms with Crippen LogP contribution in [0, 0.1) is 23.0 Å². The number of nitrogens with zero attached hydrogens (tertiary/aromatic N) is 1. The molecule has 25 heavy (non-hydrogen) atoms. The first-order valence-electron chi connectivity index (χ1n) is 7.65. The summed E-state index contributed by atoms with van der Waals surface area (Å²) in [6.07, 6.45) is 0. The highest BCUT2D eigenvalue weighted by molar-refractivity contribution is 7.18. The van der Waals surface area contributed by atoms with E-state index >= 15 is 0 Å². The normalized spacial score (nSPS) is 11.8. The standard InChI is InChI=1S/C17H17F2N3O2S/c1-3-24-17(23)15-13(12(7-20)16(21)25-15)8-22-9(2)11-5-4-10(18)6-14(11)19/h4-6,9,22H,3,8,21H2,1-2H3/p+1/t9-/m0/s1. The fourth-order valence-corrected chi connectivity index (χ4v) is 3.40. The SMILES string of the molecule is CCOC(=O)c1sc(N)c(C#N)c1C[NH2+][C@@H](C)c1ccc(F)cc1F. The largest absolute Gasteiger partial charge is 0.462 e. The maximum Gasteiger partial charge on any atom is 0.348 e. The molecule has 0 unspecified atom stereocenters. The van der Waals surface area contributed by atoms with Gasteiger partial charge in [-0.15, -0.1) is 11.3 Å². The predicted octanol–water partition coefficient (Wildman–Crippen LogP) is 2.48. The number of hydrogen-bond donors (Lipinski definition) is 2. The molecule has 4 N–H and O–H groups in total. The van der Waals surface area contributed by atoms with Gasteiger partial charge in [-0.1, -0.05) is 0 Å². The van der Waals surface area contributed by atoms with Crippen molar-refractivity contribution in [1.29, 1.82) is 5.26 Å². The number of halogens is 2. The first-order chi connectivity index (χ1) is 11.9. The number of nitriles is 1. The minimum atomic E-state index is -0.643. The van der Waals surface area contributed by atoms with E-state index in [1.54, 1.807) is 19.2 Å².